The second kappa shape index (κ2) is 6.47. The molecule has 0 atom stereocenters. The first kappa shape index (κ1) is 16.2. The van der Waals surface area contributed by atoms with Crippen LogP contribution in [-0.4, -0.2) is 39.6 Å². The molecule has 0 aliphatic carbocycles. The van der Waals surface area contributed by atoms with Gasteiger partial charge in [0.1, 0.15) is 0 Å². The van der Waals surface area contributed by atoms with Gasteiger partial charge in [-0.05, 0) is 18.4 Å². The number of nitrogens with zero attached hydrogens (tertiary/aromatic N) is 3. The molecule has 1 aliphatic heterocycles. The average Bonchev–Trinajstić information content (AvgIpc) is 3.00. The summed E-state index contributed by atoms with van der Waals surface area (Å²) in [6.07, 6.45) is 4.65. The van der Waals surface area contributed by atoms with Gasteiger partial charge in [0.2, 0.25) is 11.8 Å². The monoisotopic (exact) mass is 326 g/mol. The van der Waals surface area contributed by atoms with E-state index in [0.717, 1.165) is 5.56 Å². The highest BCUT2D eigenvalue weighted by molar-refractivity contribution is 5.99. The third kappa shape index (κ3) is 3.04. The van der Waals surface area contributed by atoms with E-state index in [1.165, 1.54) is 0 Å². The number of hydrogen-bond acceptors (Lipinski definition) is 3. The lowest BCUT2D eigenvalue weighted by Gasteiger charge is -2.40. The molecule has 0 saturated carbocycles. The number of benzene rings is 1. The topological polar surface area (TPSA) is 67.2 Å². The van der Waals surface area contributed by atoms with Crippen LogP contribution in [0.15, 0.2) is 42.7 Å². The number of likely N-dealkylation sites (tertiary alicyclic amines) is 1. The van der Waals surface area contributed by atoms with Gasteiger partial charge < -0.3 is 10.2 Å². The fourth-order valence-electron chi connectivity index (χ4n) is 3.34. The van der Waals surface area contributed by atoms with Crippen molar-refractivity contribution in [2.45, 2.75) is 25.2 Å². The molecule has 1 aromatic heterocycles. The van der Waals surface area contributed by atoms with E-state index >= 15 is 0 Å². The van der Waals surface area contributed by atoms with Crippen LogP contribution in [0.25, 0.3) is 0 Å². The number of hydrogen-bond donors (Lipinski definition) is 1. The van der Waals surface area contributed by atoms with Crippen molar-refractivity contribution in [2.75, 3.05) is 18.4 Å². The Hall–Kier alpha value is -2.63. The second-order valence-electron chi connectivity index (χ2n) is 6.31. The molecule has 2 aromatic rings. The zero-order valence-corrected chi connectivity index (χ0v) is 14.0. The maximum Gasteiger partial charge on any atom is 0.235 e. The van der Waals surface area contributed by atoms with Crippen molar-refractivity contribution in [1.29, 1.82) is 0 Å². The van der Waals surface area contributed by atoms with Gasteiger partial charge in [-0.1, -0.05) is 30.3 Å². The lowest BCUT2D eigenvalue weighted by atomic mass is 9.72. The summed E-state index contributed by atoms with van der Waals surface area (Å²) in [7, 11) is 1.81. The molecule has 2 amide bonds. The van der Waals surface area contributed by atoms with Crippen molar-refractivity contribution < 1.29 is 9.59 Å². The molecule has 1 saturated heterocycles. The summed E-state index contributed by atoms with van der Waals surface area (Å²) in [5, 5.41) is 7.08. The number of rotatable bonds is 3. The summed E-state index contributed by atoms with van der Waals surface area (Å²) in [4.78, 5) is 26.6. The molecule has 0 bridgehead atoms. The van der Waals surface area contributed by atoms with Gasteiger partial charge in [-0.25, -0.2) is 0 Å². The van der Waals surface area contributed by atoms with Crippen LogP contribution in [0.5, 0.6) is 0 Å². The van der Waals surface area contributed by atoms with Crippen molar-refractivity contribution in [1.82, 2.24) is 14.7 Å². The van der Waals surface area contributed by atoms with E-state index < -0.39 is 5.41 Å². The molecule has 2 heterocycles. The third-order valence-electron chi connectivity index (χ3n) is 4.79. The number of piperidine rings is 1. The third-order valence-corrected chi connectivity index (χ3v) is 4.79. The Morgan fingerprint density at radius 3 is 2.38 bits per heavy atom. The molecule has 0 radical (unpaired) electrons. The second-order valence-corrected chi connectivity index (χ2v) is 6.31. The zero-order chi connectivity index (χ0) is 17.2. The quantitative estimate of drug-likeness (QED) is 0.937. The van der Waals surface area contributed by atoms with Crippen LogP contribution < -0.4 is 5.32 Å². The van der Waals surface area contributed by atoms with Crippen LogP contribution in [-0.2, 0) is 22.1 Å². The minimum Gasteiger partial charge on any atom is -0.343 e. The van der Waals surface area contributed by atoms with E-state index in [0.29, 0.717) is 31.6 Å². The molecule has 3 rings (SSSR count). The minimum atomic E-state index is -0.622. The molecule has 1 fully saturated rings. The Balaban J connectivity index is 1.88. The van der Waals surface area contributed by atoms with Gasteiger partial charge in [0.15, 0.2) is 0 Å². The minimum absolute atomic E-state index is 0.0371. The predicted molar refractivity (Wildman–Crippen MR) is 91.4 cm³/mol. The summed E-state index contributed by atoms with van der Waals surface area (Å²) in [6.45, 7) is 2.75. The lowest BCUT2D eigenvalue weighted by Crippen LogP contribution is -2.50. The van der Waals surface area contributed by atoms with Gasteiger partial charge in [-0.2, -0.15) is 5.10 Å². The van der Waals surface area contributed by atoms with Crippen molar-refractivity contribution in [3.63, 3.8) is 0 Å². The number of aromatic nitrogens is 2. The van der Waals surface area contributed by atoms with Crippen LogP contribution in [0, 0.1) is 0 Å². The summed E-state index contributed by atoms with van der Waals surface area (Å²) >= 11 is 0. The van der Waals surface area contributed by atoms with Crippen molar-refractivity contribution in [3.05, 3.63) is 48.3 Å². The van der Waals surface area contributed by atoms with Crippen molar-refractivity contribution in [3.8, 4) is 0 Å². The Bertz CT molecular complexity index is 730. The molecule has 1 aromatic carbocycles. The predicted octanol–water partition coefficient (Wildman–Crippen LogP) is 1.94. The Morgan fingerprint density at radius 1 is 1.17 bits per heavy atom. The highest BCUT2D eigenvalue weighted by Gasteiger charge is 2.43. The van der Waals surface area contributed by atoms with E-state index in [2.05, 4.69) is 10.4 Å². The van der Waals surface area contributed by atoms with Crippen LogP contribution in [0.3, 0.4) is 0 Å². The summed E-state index contributed by atoms with van der Waals surface area (Å²) in [6, 6.07) is 9.83. The number of carbonyl (C=O) groups excluding carboxylic acids is 2. The van der Waals surface area contributed by atoms with Gasteiger partial charge in [-0.15, -0.1) is 0 Å². The number of carbonyl (C=O) groups is 2. The molecule has 1 aliphatic rings. The largest absolute Gasteiger partial charge is 0.343 e. The van der Waals surface area contributed by atoms with Crippen LogP contribution in [0.4, 0.5) is 5.69 Å². The fraction of sp³-hybridized carbons (Fsp3) is 0.389. The molecule has 24 heavy (non-hydrogen) atoms. The first-order chi connectivity index (χ1) is 11.5. The van der Waals surface area contributed by atoms with Crippen LogP contribution in [0.2, 0.25) is 0 Å². The van der Waals surface area contributed by atoms with Gasteiger partial charge >= 0.3 is 0 Å². The van der Waals surface area contributed by atoms with E-state index in [1.54, 1.807) is 28.9 Å². The fourth-order valence-corrected chi connectivity index (χ4v) is 3.34. The molecule has 1 N–H and O–H groups in total. The van der Waals surface area contributed by atoms with Crippen LogP contribution in [0.1, 0.15) is 25.3 Å². The highest BCUT2D eigenvalue weighted by Crippen LogP contribution is 2.36. The molecule has 6 nitrogen and oxygen atoms in total. The highest BCUT2D eigenvalue weighted by atomic mass is 16.2. The summed E-state index contributed by atoms with van der Waals surface area (Å²) in [5.41, 5.74) is 1.06. The van der Waals surface area contributed by atoms with E-state index in [4.69, 9.17) is 0 Å². The summed E-state index contributed by atoms with van der Waals surface area (Å²) < 4.78 is 1.66. The maximum atomic E-state index is 13.1. The number of nitrogens with one attached hydrogen (secondary N) is 1. The maximum absolute atomic E-state index is 13.1. The number of aryl methyl sites for hydroxylation is 1. The Labute approximate surface area is 141 Å². The van der Waals surface area contributed by atoms with E-state index in [-0.39, 0.29) is 11.8 Å². The van der Waals surface area contributed by atoms with Gasteiger partial charge in [0.05, 0.1) is 17.3 Å². The van der Waals surface area contributed by atoms with Gasteiger partial charge in [0, 0.05) is 33.3 Å². The Morgan fingerprint density at radius 2 is 1.83 bits per heavy atom. The van der Waals surface area contributed by atoms with E-state index in [1.807, 2.05) is 37.4 Å². The Kier molecular flexibility index (Phi) is 4.38. The van der Waals surface area contributed by atoms with Crippen molar-refractivity contribution >= 4 is 17.5 Å². The number of anilines is 1. The zero-order valence-electron chi connectivity index (χ0n) is 14.0. The van der Waals surface area contributed by atoms with Crippen LogP contribution >= 0.6 is 0 Å². The standard InChI is InChI=1S/C18H22N4O2/c1-14(23)22-10-8-18(9-11-22,15-6-4-3-5-7-15)17(24)20-16-12-19-21(2)13-16/h3-7,12-13H,8-11H2,1-2H3,(H,20,24). The molecule has 0 spiro atoms. The smallest absolute Gasteiger partial charge is 0.235 e. The normalized spacial score (nSPS) is 16.7. The van der Waals surface area contributed by atoms with Gasteiger partial charge in [0.25, 0.3) is 0 Å². The van der Waals surface area contributed by atoms with Gasteiger partial charge in [-0.3, -0.25) is 14.3 Å². The number of amides is 2. The summed E-state index contributed by atoms with van der Waals surface area (Å²) in [5.74, 6) is 0.0224. The lowest BCUT2D eigenvalue weighted by molar-refractivity contribution is -0.133. The van der Waals surface area contributed by atoms with Crippen molar-refractivity contribution in [2.24, 2.45) is 7.05 Å². The van der Waals surface area contributed by atoms with E-state index in [9.17, 15) is 9.59 Å². The first-order valence-corrected chi connectivity index (χ1v) is 8.12. The molecule has 6 heteroatoms. The first-order valence-electron chi connectivity index (χ1n) is 8.12. The SMILES string of the molecule is CC(=O)N1CCC(C(=O)Nc2cnn(C)c2)(c2ccccc2)CC1. The molecular weight excluding hydrogens is 304 g/mol. The molecule has 0 unspecified atom stereocenters. The average molecular weight is 326 g/mol. The molecular formula is C18H22N4O2. The molecule has 126 valence electrons.